The largest absolute Gasteiger partial charge is 0.330 e. The lowest BCUT2D eigenvalue weighted by Gasteiger charge is -2.56. The monoisotopic (exact) mass is 237 g/mol. The maximum atomic E-state index is 5.88. The molecule has 0 aromatic carbocycles. The molecular weight excluding hydrogens is 210 g/mol. The van der Waals surface area contributed by atoms with Gasteiger partial charge in [-0.15, -0.1) is 0 Å². The molecule has 3 unspecified atom stereocenters. The van der Waals surface area contributed by atoms with Gasteiger partial charge in [0.05, 0.1) is 0 Å². The van der Waals surface area contributed by atoms with Crippen molar-refractivity contribution in [2.24, 2.45) is 23.0 Å². The van der Waals surface area contributed by atoms with Crippen molar-refractivity contribution in [2.75, 3.05) is 45.8 Å². The van der Waals surface area contributed by atoms with Gasteiger partial charge in [-0.05, 0) is 36.6 Å². The predicted octanol–water partition coefficient (Wildman–Crippen LogP) is 0.999. The lowest BCUT2D eigenvalue weighted by atomic mass is 9.60. The van der Waals surface area contributed by atoms with Gasteiger partial charge in [0.2, 0.25) is 0 Å². The highest BCUT2D eigenvalue weighted by atomic mass is 15.3. The first-order valence-corrected chi connectivity index (χ1v) is 7.42. The molecule has 0 spiro atoms. The van der Waals surface area contributed by atoms with E-state index in [4.69, 9.17) is 5.73 Å². The van der Waals surface area contributed by atoms with E-state index in [9.17, 15) is 0 Å². The summed E-state index contributed by atoms with van der Waals surface area (Å²) in [6, 6.07) is 0. The fraction of sp³-hybridized carbons (Fsp3) is 1.00. The normalized spacial score (nSPS) is 48.4. The standard InChI is InChI=1S/C14H27N3/c1-2-4-14-10-16-6-7-17(11-14)9-12(8-16)13(14)3-5-15/h12-13H,2-11,15H2,1H3. The molecule has 0 amide bonds. The van der Waals surface area contributed by atoms with Gasteiger partial charge in [-0.1, -0.05) is 13.3 Å². The third-order valence-electron chi connectivity index (χ3n) is 5.38. The van der Waals surface area contributed by atoms with Crippen molar-refractivity contribution in [3.63, 3.8) is 0 Å². The van der Waals surface area contributed by atoms with E-state index in [-0.39, 0.29) is 0 Å². The summed E-state index contributed by atoms with van der Waals surface area (Å²) in [4.78, 5) is 5.47. The van der Waals surface area contributed by atoms with Crippen LogP contribution in [0.3, 0.4) is 0 Å². The van der Waals surface area contributed by atoms with Crippen molar-refractivity contribution in [3.8, 4) is 0 Å². The number of nitrogens with two attached hydrogens (primary N) is 1. The Morgan fingerprint density at radius 2 is 1.82 bits per heavy atom. The number of fused-ring (bicyclic) bond motifs is 1. The molecule has 4 rings (SSSR count). The molecule has 3 heteroatoms. The van der Waals surface area contributed by atoms with Gasteiger partial charge in [-0.2, -0.15) is 0 Å². The van der Waals surface area contributed by atoms with Crippen molar-refractivity contribution >= 4 is 0 Å². The first-order valence-electron chi connectivity index (χ1n) is 7.42. The highest BCUT2D eigenvalue weighted by Gasteiger charge is 2.52. The zero-order chi connectivity index (χ0) is 11.9. The summed E-state index contributed by atoms with van der Waals surface area (Å²) >= 11 is 0. The second-order valence-corrected chi connectivity index (χ2v) is 6.53. The van der Waals surface area contributed by atoms with E-state index in [0.717, 1.165) is 18.4 Å². The average Bonchev–Trinajstić information content (AvgIpc) is 2.52. The van der Waals surface area contributed by atoms with Crippen molar-refractivity contribution in [2.45, 2.75) is 26.2 Å². The molecule has 4 fully saturated rings. The van der Waals surface area contributed by atoms with Crippen LogP contribution in [-0.4, -0.2) is 55.6 Å². The van der Waals surface area contributed by atoms with Gasteiger partial charge in [0, 0.05) is 39.3 Å². The van der Waals surface area contributed by atoms with Gasteiger partial charge in [-0.25, -0.2) is 0 Å². The first kappa shape index (κ1) is 11.9. The van der Waals surface area contributed by atoms with E-state index in [1.165, 1.54) is 58.5 Å². The van der Waals surface area contributed by atoms with Gasteiger partial charge >= 0.3 is 0 Å². The van der Waals surface area contributed by atoms with Crippen LogP contribution in [0.25, 0.3) is 0 Å². The van der Waals surface area contributed by atoms with E-state index < -0.39 is 0 Å². The number of hydrogen-bond donors (Lipinski definition) is 1. The fourth-order valence-electron chi connectivity index (χ4n) is 4.97. The molecule has 4 saturated heterocycles. The molecule has 4 aliphatic rings. The van der Waals surface area contributed by atoms with Crippen LogP contribution in [0.2, 0.25) is 0 Å². The molecule has 2 N–H and O–H groups in total. The lowest BCUT2D eigenvalue weighted by molar-refractivity contribution is -0.0663. The molecule has 0 aliphatic carbocycles. The van der Waals surface area contributed by atoms with Gasteiger partial charge in [0.15, 0.2) is 0 Å². The van der Waals surface area contributed by atoms with Crippen molar-refractivity contribution in [1.29, 1.82) is 0 Å². The fourth-order valence-corrected chi connectivity index (χ4v) is 4.97. The van der Waals surface area contributed by atoms with Crippen LogP contribution < -0.4 is 5.73 Å². The van der Waals surface area contributed by atoms with Gasteiger partial charge in [0.1, 0.15) is 0 Å². The van der Waals surface area contributed by atoms with Crippen LogP contribution in [0.15, 0.2) is 0 Å². The van der Waals surface area contributed by atoms with Crippen molar-refractivity contribution in [1.82, 2.24) is 9.80 Å². The first-order chi connectivity index (χ1) is 8.27. The van der Waals surface area contributed by atoms with Crippen LogP contribution >= 0.6 is 0 Å². The van der Waals surface area contributed by atoms with Crippen LogP contribution in [0, 0.1) is 17.3 Å². The molecule has 98 valence electrons. The minimum Gasteiger partial charge on any atom is -0.330 e. The summed E-state index contributed by atoms with van der Waals surface area (Å²) in [7, 11) is 0. The summed E-state index contributed by atoms with van der Waals surface area (Å²) in [5.41, 5.74) is 6.45. The Kier molecular flexibility index (Phi) is 3.18. The molecule has 17 heavy (non-hydrogen) atoms. The van der Waals surface area contributed by atoms with E-state index >= 15 is 0 Å². The maximum Gasteiger partial charge on any atom is 0.0110 e. The van der Waals surface area contributed by atoms with Gasteiger partial charge in [-0.3, -0.25) is 0 Å². The van der Waals surface area contributed by atoms with E-state index in [2.05, 4.69) is 16.7 Å². The van der Waals surface area contributed by atoms with E-state index in [1.54, 1.807) is 0 Å². The second kappa shape index (κ2) is 4.52. The molecule has 0 aromatic heterocycles. The van der Waals surface area contributed by atoms with Crippen molar-refractivity contribution in [3.05, 3.63) is 0 Å². The van der Waals surface area contributed by atoms with Crippen LogP contribution in [0.4, 0.5) is 0 Å². The molecule has 4 heterocycles. The Hall–Kier alpha value is -0.120. The lowest BCUT2D eigenvalue weighted by Crippen LogP contribution is -2.60. The van der Waals surface area contributed by atoms with E-state index in [1.807, 2.05) is 0 Å². The second-order valence-electron chi connectivity index (χ2n) is 6.53. The highest BCUT2D eigenvalue weighted by Crippen LogP contribution is 2.49. The average molecular weight is 237 g/mol. The Bertz CT molecular complexity index is 263. The summed E-state index contributed by atoms with van der Waals surface area (Å²) in [5.74, 6) is 1.80. The molecular formula is C14H27N3. The Morgan fingerprint density at radius 3 is 2.35 bits per heavy atom. The predicted molar refractivity (Wildman–Crippen MR) is 70.9 cm³/mol. The molecule has 0 aromatic rings. The molecule has 4 bridgehead atoms. The summed E-state index contributed by atoms with van der Waals surface area (Å²) in [5, 5.41) is 0. The van der Waals surface area contributed by atoms with E-state index in [0.29, 0.717) is 5.41 Å². The summed E-state index contributed by atoms with van der Waals surface area (Å²) in [6.45, 7) is 11.2. The minimum atomic E-state index is 0.575. The van der Waals surface area contributed by atoms with Gasteiger partial charge in [0.25, 0.3) is 0 Å². The minimum absolute atomic E-state index is 0.575. The van der Waals surface area contributed by atoms with Gasteiger partial charge < -0.3 is 15.5 Å². The number of nitrogens with zero attached hydrogens (tertiary/aromatic N) is 2. The third-order valence-corrected chi connectivity index (χ3v) is 5.38. The Balaban J connectivity index is 1.89. The smallest absolute Gasteiger partial charge is 0.0110 e. The highest BCUT2D eigenvalue weighted by molar-refractivity contribution is 5.05. The Morgan fingerprint density at radius 1 is 1.18 bits per heavy atom. The molecule has 0 saturated carbocycles. The van der Waals surface area contributed by atoms with Crippen molar-refractivity contribution < 1.29 is 0 Å². The maximum absolute atomic E-state index is 5.88. The molecule has 3 atom stereocenters. The van der Waals surface area contributed by atoms with Crippen LogP contribution in [-0.2, 0) is 0 Å². The summed E-state index contributed by atoms with van der Waals surface area (Å²) in [6.07, 6.45) is 3.99. The number of hydrogen-bond acceptors (Lipinski definition) is 3. The molecule has 4 aliphatic heterocycles. The topological polar surface area (TPSA) is 32.5 Å². The molecule has 3 nitrogen and oxygen atoms in total. The number of rotatable bonds is 4. The molecule has 0 radical (unpaired) electrons. The summed E-state index contributed by atoms with van der Waals surface area (Å²) < 4.78 is 0. The third kappa shape index (κ3) is 1.92. The SMILES string of the molecule is CCCC12CN3CCN(CC(C3)C1CCN)C2. The van der Waals surface area contributed by atoms with Crippen LogP contribution in [0.1, 0.15) is 26.2 Å². The van der Waals surface area contributed by atoms with Crippen LogP contribution in [0.5, 0.6) is 0 Å². The zero-order valence-electron chi connectivity index (χ0n) is 11.2. The zero-order valence-corrected chi connectivity index (χ0v) is 11.2. The number of piperidine rings is 2. The quantitative estimate of drug-likeness (QED) is 0.792. The Labute approximate surface area is 105 Å².